The molecule has 1 atom stereocenters. The van der Waals surface area contributed by atoms with Crippen molar-refractivity contribution >= 4 is 18.0 Å². The van der Waals surface area contributed by atoms with E-state index in [0.717, 1.165) is 24.1 Å². The molecule has 1 unspecified atom stereocenters. The van der Waals surface area contributed by atoms with Crippen LogP contribution < -0.4 is 10.6 Å². The largest absolute Gasteiger partial charge is 0.466 e. The van der Waals surface area contributed by atoms with Gasteiger partial charge in [0.1, 0.15) is 6.04 Å². The lowest BCUT2D eigenvalue weighted by atomic mass is 9.94. The second-order valence-corrected chi connectivity index (χ2v) is 6.79. The minimum atomic E-state index is -1.30. The van der Waals surface area contributed by atoms with Gasteiger partial charge < -0.3 is 19.9 Å². The van der Waals surface area contributed by atoms with Crippen LogP contribution in [-0.2, 0) is 16.1 Å². The maximum atomic E-state index is 13.9. The summed E-state index contributed by atoms with van der Waals surface area (Å²) in [6, 6.07) is -0.00254. The monoisotopic (exact) mass is 433 g/mol. The first-order valence-corrected chi connectivity index (χ1v) is 9.41. The molecule has 3 rings (SSSR count). The summed E-state index contributed by atoms with van der Waals surface area (Å²) >= 11 is 0. The summed E-state index contributed by atoms with van der Waals surface area (Å²) in [5, 5.41) is 5.05. The van der Waals surface area contributed by atoms with Gasteiger partial charge in [0.25, 0.3) is 0 Å². The number of imide groups is 1. The van der Waals surface area contributed by atoms with E-state index in [2.05, 4.69) is 15.6 Å². The molecule has 2 aromatic rings. The Morgan fingerprint density at radius 3 is 2.71 bits per heavy atom. The minimum absolute atomic E-state index is 0.0436. The topological polar surface area (TPSA) is 106 Å². The SMILES string of the molecule is COC(=O)C1=C(C)NC(=O)N(C(=O)NCCCn2ccnc2)C1c1ccc(F)c(F)c1. The van der Waals surface area contributed by atoms with Crippen LogP contribution in [0.5, 0.6) is 0 Å². The first-order valence-electron chi connectivity index (χ1n) is 9.41. The summed E-state index contributed by atoms with van der Waals surface area (Å²) in [5.74, 6) is -3.09. The van der Waals surface area contributed by atoms with Crippen molar-refractivity contribution in [1.29, 1.82) is 0 Å². The van der Waals surface area contributed by atoms with Crippen molar-refractivity contribution in [2.75, 3.05) is 13.7 Å². The molecule has 11 heteroatoms. The number of methoxy groups -OCH3 is 1. The fourth-order valence-corrected chi connectivity index (χ4v) is 3.28. The molecule has 9 nitrogen and oxygen atoms in total. The quantitative estimate of drug-likeness (QED) is 0.538. The highest BCUT2D eigenvalue weighted by Crippen LogP contribution is 2.34. The number of allylic oxidation sites excluding steroid dienone is 1. The number of halogens is 2. The summed E-state index contributed by atoms with van der Waals surface area (Å²) in [6.45, 7) is 2.27. The Bertz CT molecular complexity index is 1020. The number of nitrogens with zero attached hydrogens (tertiary/aromatic N) is 3. The van der Waals surface area contributed by atoms with Crippen LogP contribution in [0.3, 0.4) is 0 Å². The molecule has 0 fully saturated rings. The number of benzene rings is 1. The van der Waals surface area contributed by atoms with Crippen molar-refractivity contribution < 1.29 is 27.9 Å². The van der Waals surface area contributed by atoms with Crippen molar-refractivity contribution in [3.63, 3.8) is 0 Å². The molecule has 164 valence electrons. The molecular formula is C20H21F2N5O4. The van der Waals surface area contributed by atoms with Gasteiger partial charge in [-0.15, -0.1) is 0 Å². The molecule has 0 spiro atoms. The Morgan fingerprint density at radius 2 is 2.06 bits per heavy atom. The molecule has 0 radical (unpaired) electrons. The van der Waals surface area contributed by atoms with Crippen LogP contribution in [0.4, 0.5) is 18.4 Å². The molecule has 1 aliphatic rings. The zero-order valence-corrected chi connectivity index (χ0v) is 16.9. The molecule has 0 bridgehead atoms. The number of hydrogen-bond donors (Lipinski definition) is 2. The maximum absolute atomic E-state index is 13.9. The molecule has 2 heterocycles. The third-order valence-corrected chi connectivity index (χ3v) is 4.76. The summed E-state index contributed by atoms with van der Waals surface area (Å²) in [7, 11) is 1.14. The zero-order valence-electron chi connectivity index (χ0n) is 16.9. The predicted molar refractivity (Wildman–Crippen MR) is 104 cm³/mol. The lowest BCUT2D eigenvalue weighted by molar-refractivity contribution is -0.136. The van der Waals surface area contributed by atoms with Gasteiger partial charge in [-0.2, -0.15) is 0 Å². The number of carbonyl (C=O) groups excluding carboxylic acids is 3. The Morgan fingerprint density at radius 1 is 1.29 bits per heavy atom. The van der Waals surface area contributed by atoms with E-state index in [4.69, 9.17) is 4.74 Å². The van der Waals surface area contributed by atoms with Gasteiger partial charge in [0.05, 0.1) is 19.0 Å². The number of hydrogen-bond acceptors (Lipinski definition) is 5. The third-order valence-electron chi connectivity index (χ3n) is 4.76. The Labute approximate surface area is 176 Å². The first kappa shape index (κ1) is 21.9. The van der Waals surface area contributed by atoms with Crippen molar-refractivity contribution in [2.45, 2.75) is 25.9 Å². The maximum Gasteiger partial charge on any atom is 0.337 e. The van der Waals surface area contributed by atoms with Crippen molar-refractivity contribution in [3.8, 4) is 0 Å². The average Bonchev–Trinajstić information content (AvgIpc) is 3.25. The highest BCUT2D eigenvalue weighted by molar-refractivity contribution is 6.01. The number of aryl methyl sites for hydroxylation is 1. The number of imidazole rings is 1. The highest BCUT2D eigenvalue weighted by atomic mass is 19.2. The lowest BCUT2D eigenvalue weighted by Crippen LogP contribution is -2.54. The number of esters is 1. The fourth-order valence-electron chi connectivity index (χ4n) is 3.28. The van der Waals surface area contributed by atoms with Crippen LogP contribution in [0.2, 0.25) is 0 Å². The van der Waals surface area contributed by atoms with Gasteiger partial charge >= 0.3 is 18.0 Å². The molecule has 1 aliphatic heterocycles. The summed E-state index contributed by atoms with van der Waals surface area (Å²) < 4.78 is 34.0. The van der Waals surface area contributed by atoms with E-state index >= 15 is 0 Å². The van der Waals surface area contributed by atoms with E-state index in [1.54, 1.807) is 18.7 Å². The lowest BCUT2D eigenvalue weighted by Gasteiger charge is -2.36. The molecular weight excluding hydrogens is 412 g/mol. The second-order valence-electron chi connectivity index (χ2n) is 6.79. The Hall–Kier alpha value is -3.76. The van der Waals surface area contributed by atoms with Crippen LogP contribution in [0, 0.1) is 11.6 Å². The van der Waals surface area contributed by atoms with Crippen LogP contribution in [0.1, 0.15) is 24.9 Å². The normalized spacial score (nSPS) is 16.2. The smallest absolute Gasteiger partial charge is 0.337 e. The van der Waals surface area contributed by atoms with Gasteiger partial charge in [-0.05, 0) is 31.0 Å². The molecule has 31 heavy (non-hydrogen) atoms. The molecule has 1 aromatic carbocycles. The highest BCUT2D eigenvalue weighted by Gasteiger charge is 2.42. The zero-order chi connectivity index (χ0) is 22.5. The van der Waals surface area contributed by atoms with Crippen molar-refractivity contribution in [2.24, 2.45) is 0 Å². The summed E-state index contributed by atoms with van der Waals surface area (Å²) in [4.78, 5) is 42.6. The van der Waals surface area contributed by atoms with E-state index in [9.17, 15) is 23.2 Å². The number of urea groups is 2. The van der Waals surface area contributed by atoms with Crippen molar-refractivity contribution in [3.05, 3.63) is 65.4 Å². The van der Waals surface area contributed by atoms with Crippen LogP contribution >= 0.6 is 0 Å². The molecule has 0 saturated carbocycles. The molecule has 0 aliphatic carbocycles. The second kappa shape index (κ2) is 9.37. The molecule has 2 N–H and O–H groups in total. The molecule has 1 aromatic heterocycles. The standard InChI is InChI=1S/C20H21F2N5O4/c1-12-16(18(28)31-2)17(13-4-5-14(21)15(22)10-13)27(20(30)25-12)19(29)24-6-3-8-26-9-7-23-11-26/h4-5,7,9-11,17H,3,6,8H2,1-2H3,(H,24,29)(H,25,30). The van der Waals surface area contributed by atoms with Gasteiger partial charge in [-0.25, -0.2) is 33.0 Å². The van der Waals surface area contributed by atoms with Gasteiger partial charge in [-0.1, -0.05) is 6.07 Å². The number of amides is 4. The fraction of sp³-hybridized carbons (Fsp3) is 0.300. The number of nitrogens with one attached hydrogen (secondary N) is 2. The van der Waals surface area contributed by atoms with Gasteiger partial charge in [0.15, 0.2) is 11.6 Å². The van der Waals surface area contributed by atoms with Gasteiger partial charge in [0, 0.05) is 31.2 Å². The summed E-state index contributed by atoms with van der Waals surface area (Å²) in [6.07, 6.45) is 5.59. The summed E-state index contributed by atoms with van der Waals surface area (Å²) in [5.41, 5.74) is 0.125. The van der Waals surface area contributed by atoms with E-state index in [1.165, 1.54) is 13.0 Å². The van der Waals surface area contributed by atoms with E-state index in [0.29, 0.717) is 13.0 Å². The van der Waals surface area contributed by atoms with E-state index in [-0.39, 0.29) is 23.4 Å². The number of aromatic nitrogens is 2. The van der Waals surface area contributed by atoms with Crippen LogP contribution in [-0.4, -0.2) is 46.1 Å². The number of carbonyl (C=O) groups is 3. The first-order chi connectivity index (χ1) is 14.8. The van der Waals surface area contributed by atoms with E-state index < -0.39 is 35.7 Å². The van der Waals surface area contributed by atoms with Crippen LogP contribution in [0.15, 0.2) is 48.2 Å². The number of ether oxygens (including phenoxy) is 1. The molecule has 0 saturated heterocycles. The van der Waals surface area contributed by atoms with Gasteiger partial charge in [-0.3, -0.25) is 0 Å². The van der Waals surface area contributed by atoms with E-state index in [1.807, 2.05) is 4.57 Å². The van der Waals surface area contributed by atoms with Crippen molar-refractivity contribution in [1.82, 2.24) is 25.1 Å². The average molecular weight is 433 g/mol. The van der Waals surface area contributed by atoms with Crippen LogP contribution in [0.25, 0.3) is 0 Å². The predicted octanol–water partition coefficient (Wildman–Crippen LogP) is 2.47. The Balaban J connectivity index is 1.87. The van der Waals surface area contributed by atoms with Gasteiger partial charge in [0.2, 0.25) is 0 Å². The Kier molecular flexibility index (Phi) is 6.63. The molecule has 4 amide bonds. The number of rotatable bonds is 6. The third kappa shape index (κ3) is 4.71. The minimum Gasteiger partial charge on any atom is -0.466 e.